The van der Waals surface area contributed by atoms with Crippen molar-refractivity contribution in [3.05, 3.63) is 31.3 Å². The molecular weight excluding hydrogens is 494 g/mol. The zero-order valence-electron chi connectivity index (χ0n) is 18.9. The molecule has 0 saturated heterocycles. The highest BCUT2D eigenvalue weighted by molar-refractivity contribution is 7.18. The van der Waals surface area contributed by atoms with Gasteiger partial charge in [0.1, 0.15) is 16.5 Å². The number of aromatic nitrogens is 2. The van der Waals surface area contributed by atoms with E-state index in [1.165, 1.54) is 6.92 Å². The minimum atomic E-state index is -4.98. The van der Waals surface area contributed by atoms with Crippen LogP contribution in [-0.4, -0.2) is 33.2 Å². The number of halogens is 6. The molecule has 0 saturated carbocycles. The molecule has 1 atom stereocenters. The second kappa shape index (κ2) is 9.60. The molecule has 15 heteroatoms. The molecule has 2 aromatic heterocycles. The molecule has 0 aliphatic rings. The number of rotatable bonds is 6. The number of aryl methyl sites for hydroxylation is 2. The van der Waals surface area contributed by atoms with E-state index in [1.54, 1.807) is 20.8 Å². The molecule has 1 amide bonds. The Morgan fingerprint density at radius 2 is 1.71 bits per heavy atom. The van der Waals surface area contributed by atoms with Gasteiger partial charge in [-0.1, -0.05) is 0 Å². The summed E-state index contributed by atoms with van der Waals surface area (Å²) in [4.78, 5) is 37.5. The fraction of sp³-hybridized carbons (Fsp3) is 0.632. The number of carbonyl (C=O) groups is 1. The molecule has 0 bridgehead atoms. The molecule has 2 N–H and O–H groups in total. The number of fused-ring (bicyclic) bond motifs is 1. The number of nitrogens with zero attached hydrogens (tertiary/aromatic N) is 2. The third-order valence-corrected chi connectivity index (χ3v) is 5.97. The summed E-state index contributed by atoms with van der Waals surface area (Å²) in [6, 6.07) is -2.55. The van der Waals surface area contributed by atoms with Crippen molar-refractivity contribution in [3.63, 3.8) is 0 Å². The Morgan fingerprint density at radius 3 is 2.21 bits per heavy atom. The Kier molecular flexibility index (Phi) is 7.82. The highest BCUT2D eigenvalue weighted by Crippen LogP contribution is 2.32. The topological polar surface area (TPSA) is 94.4 Å². The van der Waals surface area contributed by atoms with Crippen LogP contribution in [0.15, 0.2) is 9.59 Å². The quantitative estimate of drug-likeness (QED) is 0.443. The van der Waals surface area contributed by atoms with Crippen LogP contribution >= 0.6 is 11.3 Å². The molecule has 0 radical (unpaired) electrons. The molecule has 1 unspecified atom stereocenters. The second-order valence-electron chi connectivity index (χ2n) is 8.50. The van der Waals surface area contributed by atoms with Crippen LogP contribution in [-0.2, 0) is 17.8 Å². The second-order valence-corrected chi connectivity index (χ2v) is 9.59. The Hall–Kier alpha value is -2.55. The van der Waals surface area contributed by atoms with Gasteiger partial charge in [-0.3, -0.25) is 14.8 Å². The average Bonchev–Trinajstić information content (AvgIpc) is 2.95. The first kappa shape index (κ1) is 27.7. The van der Waals surface area contributed by atoms with E-state index in [-0.39, 0.29) is 26.9 Å². The van der Waals surface area contributed by atoms with Crippen molar-refractivity contribution in [1.29, 1.82) is 0 Å². The number of ether oxygens (including phenoxy) is 1. The number of nitrogens with one attached hydrogen (secondary N) is 2. The van der Waals surface area contributed by atoms with Gasteiger partial charge in [0.2, 0.25) is 0 Å². The summed E-state index contributed by atoms with van der Waals surface area (Å²) < 4.78 is 83.9. The third-order valence-electron chi connectivity index (χ3n) is 4.66. The Bertz CT molecular complexity index is 1170. The summed E-state index contributed by atoms with van der Waals surface area (Å²) in [7, 11) is 0. The molecule has 0 aliphatic carbocycles. The van der Waals surface area contributed by atoms with Crippen LogP contribution in [0.25, 0.3) is 10.2 Å². The highest BCUT2D eigenvalue weighted by atomic mass is 32.1. The summed E-state index contributed by atoms with van der Waals surface area (Å²) in [5.41, 5.74) is 1.41. The number of alkyl halides is 6. The molecule has 8 nitrogen and oxygen atoms in total. The van der Waals surface area contributed by atoms with E-state index in [0.717, 1.165) is 11.3 Å². The minimum absolute atomic E-state index is 0.0748. The van der Waals surface area contributed by atoms with E-state index in [1.807, 2.05) is 0 Å². The molecule has 0 fully saturated rings. The lowest BCUT2D eigenvalue weighted by atomic mass is 10.2. The van der Waals surface area contributed by atoms with Crippen LogP contribution in [0.2, 0.25) is 0 Å². The SMILES string of the molecule is Cc1c(CNNC(=O)OC(C)(C)C)sc2c1c(=O)n(C(C)C(F)(F)F)c(=O)n2CCC(F)(F)F. The summed E-state index contributed by atoms with van der Waals surface area (Å²) in [6.07, 6.45) is -12.0. The highest BCUT2D eigenvalue weighted by Gasteiger charge is 2.40. The number of hydrogen-bond acceptors (Lipinski definition) is 6. The van der Waals surface area contributed by atoms with Crippen molar-refractivity contribution in [2.24, 2.45) is 0 Å². The predicted molar refractivity (Wildman–Crippen MR) is 113 cm³/mol. The number of amides is 1. The smallest absolute Gasteiger partial charge is 0.422 e. The van der Waals surface area contributed by atoms with Crippen molar-refractivity contribution in [1.82, 2.24) is 20.0 Å². The first-order valence-corrected chi connectivity index (χ1v) is 10.8. The summed E-state index contributed by atoms with van der Waals surface area (Å²) >= 11 is 0.769. The van der Waals surface area contributed by atoms with Gasteiger partial charge in [0.15, 0.2) is 0 Å². The van der Waals surface area contributed by atoms with E-state index >= 15 is 0 Å². The lowest BCUT2D eigenvalue weighted by molar-refractivity contribution is -0.164. The Balaban J connectivity index is 2.56. The summed E-state index contributed by atoms with van der Waals surface area (Å²) in [5.74, 6) is 0. The van der Waals surface area contributed by atoms with Crippen LogP contribution in [0, 0.1) is 6.92 Å². The lowest BCUT2D eigenvalue weighted by Gasteiger charge is -2.20. The number of carbonyl (C=O) groups excluding carboxylic acids is 1. The van der Waals surface area contributed by atoms with Gasteiger partial charge >= 0.3 is 24.1 Å². The van der Waals surface area contributed by atoms with Crippen LogP contribution in [0.5, 0.6) is 0 Å². The van der Waals surface area contributed by atoms with Gasteiger partial charge in [-0.2, -0.15) is 26.3 Å². The molecule has 0 aromatic carbocycles. The van der Waals surface area contributed by atoms with Crippen molar-refractivity contribution >= 4 is 27.6 Å². The summed E-state index contributed by atoms with van der Waals surface area (Å²) in [6.45, 7) is 5.78. The Labute approximate surface area is 193 Å². The molecule has 34 heavy (non-hydrogen) atoms. The standard InChI is InChI=1S/C19H24F6N4O4S/c1-9-11(8-26-27-15(31)33-17(3,4)5)34-14-12(9)13(30)29(10(2)19(23,24)25)16(32)28(14)7-6-18(20,21)22/h10,26H,6-8H2,1-5H3,(H,27,31). The largest absolute Gasteiger partial charge is 0.443 e. The van der Waals surface area contributed by atoms with E-state index in [4.69, 9.17) is 4.74 Å². The molecule has 0 spiro atoms. The average molecular weight is 518 g/mol. The maximum absolute atomic E-state index is 13.3. The van der Waals surface area contributed by atoms with Gasteiger partial charge in [-0.05, 0) is 40.2 Å². The molecule has 192 valence electrons. The van der Waals surface area contributed by atoms with Gasteiger partial charge in [-0.25, -0.2) is 19.6 Å². The molecule has 2 rings (SSSR count). The fourth-order valence-corrected chi connectivity index (χ4v) is 4.26. The third kappa shape index (κ3) is 6.52. The van der Waals surface area contributed by atoms with Crippen LogP contribution in [0.4, 0.5) is 31.1 Å². The number of hydrogen-bond donors (Lipinski definition) is 2. The predicted octanol–water partition coefficient (Wildman–Crippen LogP) is 4.14. The normalized spacial score (nSPS) is 13.9. The zero-order chi connectivity index (χ0) is 26.2. The maximum atomic E-state index is 13.3. The number of thiophene rings is 1. The van der Waals surface area contributed by atoms with Gasteiger partial charge in [0.25, 0.3) is 5.56 Å². The van der Waals surface area contributed by atoms with Crippen LogP contribution in [0.3, 0.4) is 0 Å². The lowest BCUT2D eigenvalue weighted by Crippen LogP contribution is -2.45. The Morgan fingerprint density at radius 1 is 1.12 bits per heavy atom. The van der Waals surface area contributed by atoms with Crippen LogP contribution in [0.1, 0.15) is 50.6 Å². The number of hydrazine groups is 1. The van der Waals surface area contributed by atoms with Gasteiger partial charge < -0.3 is 4.74 Å². The van der Waals surface area contributed by atoms with Crippen molar-refractivity contribution in [3.8, 4) is 0 Å². The van der Waals surface area contributed by atoms with Crippen molar-refractivity contribution in [2.45, 2.75) is 78.1 Å². The molecule has 2 aromatic rings. The molecule has 2 heterocycles. The monoisotopic (exact) mass is 518 g/mol. The molecule has 0 aliphatic heterocycles. The van der Waals surface area contributed by atoms with E-state index in [0.29, 0.717) is 16.4 Å². The van der Waals surface area contributed by atoms with E-state index in [2.05, 4.69) is 10.9 Å². The van der Waals surface area contributed by atoms with E-state index < -0.39 is 54.3 Å². The zero-order valence-corrected chi connectivity index (χ0v) is 19.7. The molecular formula is C19H24F6N4O4S. The van der Waals surface area contributed by atoms with Crippen molar-refractivity contribution in [2.75, 3.05) is 0 Å². The fourth-order valence-electron chi connectivity index (χ4n) is 3.00. The summed E-state index contributed by atoms with van der Waals surface area (Å²) in [5, 5.41) is -0.294. The minimum Gasteiger partial charge on any atom is -0.443 e. The first-order valence-electron chi connectivity index (χ1n) is 9.96. The first-order chi connectivity index (χ1) is 15.3. The van der Waals surface area contributed by atoms with Gasteiger partial charge in [-0.15, -0.1) is 11.3 Å². The maximum Gasteiger partial charge on any atom is 0.422 e. The van der Waals surface area contributed by atoms with Crippen LogP contribution < -0.4 is 22.1 Å². The van der Waals surface area contributed by atoms with Gasteiger partial charge in [0.05, 0.1) is 11.8 Å². The van der Waals surface area contributed by atoms with E-state index in [9.17, 15) is 40.7 Å². The van der Waals surface area contributed by atoms with Gasteiger partial charge in [0, 0.05) is 18.0 Å². The van der Waals surface area contributed by atoms with Crippen molar-refractivity contribution < 1.29 is 35.9 Å².